The lowest BCUT2D eigenvalue weighted by molar-refractivity contribution is -0.548. The topological polar surface area (TPSA) is 80.4 Å². The Morgan fingerprint density at radius 3 is 2.47 bits per heavy atom. The van der Waals surface area contributed by atoms with Gasteiger partial charge in [-0.25, -0.2) is 4.79 Å². The Bertz CT molecular complexity index is 410. The van der Waals surface area contributed by atoms with Crippen LogP contribution in [0.15, 0.2) is 23.8 Å². The van der Waals surface area contributed by atoms with Gasteiger partial charge < -0.3 is 5.11 Å². The third kappa shape index (κ3) is 2.02. The van der Waals surface area contributed by atoms with Crippen LogP contribution in [0.1, 0.15) is 6.92 Å². The lowest BCUT2D eigenvalue weighted by Crippen LogP contribution is -2.51. The van der Waals surface area contributed by atoms with Crippen molar-refractivity contribution in [3.8, 4) is 0 Å². The number of rotatable bonds is 2. The summed E-state index contributed by atoms with van der Waals surface area (Å²) in [5, 5.41) is 19.6. The number of carbonyl (C=O) groups is 1. The van der Waals surface area contributed by atoms with E-state index >= 15 is 0 Å². The Kier molecular flexibility index (Phi) is 3.00. The zero-order valence-electron chi connectivity index (χ0n) is 8.56. The van der Waals surface area contributed by atoms with Crippen molar-refractivity contribution >= 4 is 5.97 Å². The van der Waals surface area contributed by atoms with Gasteiger partial charge in [0.2, 0.25) is 0 Å². The van der Waals surface area contributed by atoms with E-state index in [9.17, 15) is 28.1 Å². The number of nitro groups is 1. The van der Waals surface area contributed by atoms with Crippen molar-refractivity contribution in [3.63, 3.8) is 0 Å². The molecular weight excluding hydrogens is 243 g/mol. The first-order valence-electron chi connectivity index (χ1n) is 4.48. The highest BCUT2D eigenvalue weighted by Gasteiger charge is 2.56. The maximum Gasteiger partial charge on any atom is 0.416 e. The Labute approximate surface area is 93.4 Å². The SMILES string of the molecule is CC1C=CC(C(F)(F)F)=CC1(C(=O)O)[N+](=O)[O-]. The number of alkyl halides is 3. The van der Waals surface area contributed by atoms with E-state index in [4.69, 9.17) is 5.11 Å². The quantitative estimate of drug-likeness (QED) is 0.599. The number of hydrogen-bond donors (Lipinski definition) is 1. The highest BCUT2D eigenvalue weighted by atomic mass is 19.4. The molecule has 0 heterocycles. The summed E-state index contributed by atoms with van der Waals surface area (Å²) in [5.74, 6) is -3.08. The van der Waals surface area contributed by atoms with Crippen LogP contribution < -0.4 is 0 Å². The van der Waals surface area contributed by atoms with Gasteiger partial charge in [0.1, 0.15) is 0 Å². The van der Waals surface area contributed by atoms with Crippen LogP contribution in [0, 0.1) is 16.0 Å². The molecule has 17 heavy (non-hydrogen) atoms. The maximum atomic E-state index is 12.4. The lowest BCUT2D eigenvalue weighted by atomic mass is 9.80. The Hall–Kier alpha value is -1.86. The van der Waals surface area contributed by atoms with Crippen molar-refractivity contribution in [3.05, 3.63) is 33.9 Å². The molecule has 1 aliphatic rings. The predicted molar refractivity (Wildman–Crippen MR) is 49.8 cm³/mol. The highest BCUT2D eigenvalue weighted by molar-refractivity contribution is 5.81. The number of nitrogens with zero attached hydrogens (tertiary/aromatic N) is 1. The molecule has 0 aliphatic heterocycles. The summed E-state index contributed by atoms with van der Waals surface area (Å²) in [6.07, 6.45) is -3.14. The van der Waals surface area contributed by atoms with Crippen LogP contribution in [0.25, 0.3) is 0 Å². The van der Waals surface area contributed by atoms with Gasteiger partial charge in [0, 0.05) is 11.0 Å². The Morgan fingerprint density at radius 2 is 2.12 bits per heavy atom. The average Bonchev–Trinajstić information content (AvgIpc) is 2.15. The van der Waals surface area contributed by atoms with Crippen LogP contribution in [0.4, 0.5) is 13.2 Å². The third-order valence-electron chi connectivity index (χ3n) is 2.61. The average molecular weight is 251 g/mol. The van der Waals surface area contributed by atoms with Crippen molar-refractivity contribution in [2.45, 2.75) is 18.6 Å². The van der Waals surface area contributed by atoms with Gasteiger partial charge >= 0.3 is 17.7 Å². The van der Waals surface area contributed by atoms with E-state index in [0.717, 1.165) is 6.08 Å². The second-order valence-electron chi connectivity index (χ2n) is 3.63. The smallest absolute Gasteiger partial charge is 0.416 e. The Morgan fingerprint density at radius 1 is 1.59 bits per heavy atom. The van der Waals surface area contributed by atoms with Crippen molar-refractivity contribution in [1.82, 2.24) is 0 Å². The molecule has 0 aromatic heterocycles. The minimum atomic E-state index is -4.81. The zero-order valence-corrected chi connectivity index (χ0v) is 8.56. The molecule has 0 aromatic carbocycles. The zero-order chi connectivity index (χ0) is 13.4. The van der Waals surface area contributed by atoms with Gasteiger partial charge in [0.05, 0.1) is 11.5 Å². The van der Waals surface area contributed by atoms with Crippen molar-refractivity contribution < 1.29 is 28.0 Å². The molecule has 8 heteroatoms. The van der Waals surface area contributed by atoms with Crippen LogP contribution in [-0.4, -0.2) is 27.7 Å². The van der Waals surface area contributed by atoms with E-state index in [2.05, 4.69) is 0 Å². The van der Waals surface area contributed by atoms with Gasteiger partial charge in [-0.15, -0.1) is 0 Å². The first-order valence-corrected chi connectivity index (χ1v) is 4.48. The van der Waals surface area contributed by atoms with Gasteiger partial charge in [-0.3, -0.25) is 10.1 Å². The van der Waals surface area contributed by atoms with Crippen LogP contribution in [0.3, 0.4) is 0 Å². The lowest BCUT2D eigenvalue weighted by Gasteiger charge is -2.26. The van der Waals surface area contributed by atoms with Gasteiger partial charge in [-0.05, 0) is 0 Å². The number of hydrogen-bond acceptors (Lipinski definition) is 3. The predicted octanol–water partition coefficient (Wildman–Crippen LogP) is 1.78. The fourth-order valence-corrected chi connectivity index (χ4v) is 1.54. The largest absolute Gasteiger partial charge is 0.476 e. The van der Waals surface area contributed by atoms with E-state index in [-0.39, 0.29) is 6.08 Å². The first kappa shape index (κ1) is 13.2. The fraction of sp³-hybridized carbons (Fsp3) is 0.444. The van der Waals surface area contributed by atoms with Gasteiger partial charge in [0.15, 0.2) is 0 Å². The summed E-state index contributed by atoms with van der Waals surface area (Å²) in [5.41, 5.74) is -4.09. The molecule has 0 amide bonds. The molecule has 0 radical (unpaired) electrons. The van der Waals surface area contributed by atoms with Crippen LogP contribution >= 0.6 is 0 Å². The molecule has 2 unspecified atom stereocenters. The van der Waals surface area contributed by atoms with Crippen LogP contribution in [0.5, 0.6) is 0 Å². The minimum Gasteiger partial charge on any atom is -0.476 e. The molecule has 94 valence electrons. The number of carboxylic acids is 1. The number of allylic oxidation sites excluding steroid dienone is 2. The molecule has 0 saturated heterocycles. The number of aliphatic carboxylic acids is 1. The summed E-state index contributed by atoms with van der Waals surface area (Å²) >= 11 is 0. The molecule has 0 bridgehead atoms. The summed E-state index contributed by atoms with van der Waals surface area (Å²) < 4.78 is 37.2. The molecule has 0 spiro atoms. The van der Waals surface area contributed by atoms with E-state index < -0.39 is 34.1 Å². The van der Waals surface area contributed by atoms with E-state index in [1.807, 2.05) is 0 Å². The molecule has 0 saturated carbocycles. The van der Waals surface area contributed by atoms with Crippen molar-refractivity contribution in [2.75, 3.05) is 0 Å². The van der Waals surface area contributed by atoms with Gasteiger partial charge in [-0.2, -0.15) is 13.2 Å². The monoisotopic (exact) mass is 251 g/mol. The van der Waals surface area contributed by atoms with Crippen molar-refractivity contribution in [2.24, 2.45) is 5.92 Å². The molecule has 1 N–H and O–H groups in total. The molecule has 1 rings (SSSR count). The second-order valence-corrected chi connectivity index (χ2v) is 3.63. The molecule has 2 atom stereocenters. The van der Waals surface area contributed by atoms with E-state index in [0.29, 0.717) is 6.08 Å². The van der Waals surface area contributed by atoms with Crippen molar-refractivity contribution in [1.29, 1.82) is 0 Å². The van der Waals surface area contributed by atoms with E-state index in [1.165, 1.54) is 6.92 Å². The molecular formula is C9H8F3NO4. The normalized spacial score (nSPS) is 28.7. The number of carboxylic acid groups (broad SMARTS) is 1. The highest BCUT2D eigenvalue weighted by Crippen LogP contribution is 2.37. The van der Waals surface area contributed by atoms with Gasteiger partial charge in [0.25, 0.3) is 0 Å². The maximum absolute atomic E-state index is 12.4. The third-order valence-corrected chi connectivity index (χ3v) is 2.61. The summed E-state index contributed by atoms with van der Waals surface area (Å²) in [4.78, 5) is 20.5. The standard InChI is InChI=1S/C9H8F3NO4/c1-5-2-3-6(9(10,11)12)4-8(5,7(14)15)13(16)17/h2-5H,1H3,(H,14,15). The minimum absolute atomic E-state index is 0.153. The Balaban J connectivity index is 3.40. The number of halogens is 3. The molecule has 0 fully saturated rings. The summed E-state index contributed by atoms with van der Waals surface area (Å²) in [6, 6.07) is 0. The van der Waals surface area contributed by atoms with E-state index in [1.54, 1.807) is 0 Å². The summed E-state index contributed by atoms with van der Waals surface area (Å²) in [6.45, 7) is 1.18. The second kappa shape index (κ2) is 3.86. The van der Waals surface area contributed by atoms with Gasteiger partial charge in [-0.1, -0.05) is 19.1 Å². The molecule has 1 aliphatic carbocycles. The summed E-state index contributed by atoms with van der Waals surface area (Å²) in [7, 11) is 0. The molecule has 0 aromatic rings. The first-order chi connectivity index (χ1) is 7.62. The molecule has 5 nitrogen and oxygen atoms in total. The van der Waals surface area contributed by atoms with Crippen LogP contribution in [-0.2, 0) is 4.79 Å². The van der Waals surface area contributed by atoms with Crippen LogP contribution in [0.2, 0.25) is 0 Å². The fourth-order valence-electron chi connectivity index (χ4n) is 1.54.